The number of hydrogen-bond donors (Lipinski definition) is 1. The first-order valence-electron chi connectivity index (χ1n) is 16.4. The molecule has 244 valence electrons. The summed E-state index contributed by atoms with van der Waals surface area (Å²) in [6.07, 6.45) is 7.18. The molecular formula is C36H44FN5O4. The van der Waals surface area contributed by atoms with Gasteiger partial charge in [0.15, 0.2) is 0 Å². The predicted octanol–water partition coefficient (Wildman–Crippen LogP) is 6.25. The van der Waals surface area contributed by atoms with Crippen LogP contribution in [0.4, 0.5) is 15.8 Å². The zero-order valence-corrected chi connectivity index (χ0v) is 27.7. The Bertz CT molecular complexity index is 1800. The van der Waals surface area contributed by atoms with Gasteiger partial charge in [-0.15, -0.1) is 0 Å². The Hall–Kier alpha value is -4.21. The molecule has 0 fully saturated rings. The van der Waals surface area contributed by atoms with Gasteiger partial charge in [0.1, 0.15) is 29.6 Å². The van der Waals surface area contributed by atoms with Crippen molar-refractivity contribution in [1.82, 2.24) is 9.13 Å². The van der Waals surface area contributed by atoms with E-state index in [1.807, 2.05) is 6.07 Å². The zero-order chi connectivity index (χ0) is 32.9. The largest absolute Gasteiger partial charge is 0.461 e. The molecule has 0 bridgehead atoms. The van der Waals surface area contributed by atoms with Gasteiger partial charge in [-0.25, -0.2) is 4.39 Å². The number of amides is 1. The Morgan fingerprint density at radius 2 is 1.91 bits per heavy atom. The summed E-state index contributed by atoms with van der Waals surface area (Å²) in [4.78, 5) is 45.9. The summed E-state index contributed by atoms with van der Waals surface area (Å²) in [5.74, 6) is -0.0540. The molecule has 0 saturated carbocycles. The van der Waals surface area contributed by atoms with E-state index >= 15 is 4.39 Å². The molecule has 0 saturated heterocycles. The second kappa shape index (κ2) is 12.2. The van der Waals surface area contributed by atoms with E-state index in [1.54, 1.807) is 24.2 Å². The van der Waals surface area contributed by atoms with Crippen molar-refractivity contribution in [1.29, 1.82) is 0 Å². The Balaban J connectivity index is 1.42. The molecule has 2 aliphatic heterocycles. The molecular weight excluding hydrogens is 585 g/mol. The maximum atomic E-state index is 15.6. The molecule has 46 heavy (non-hydrogen) atoms. The molecule has 3 aliphatic rings. The fourth-order valence-corrected chi connectivity index (χ4v) is 7.32. The first kappa shape index (κ1) is 31.8. The van der Waals surface area contributed by atoms with E-state index in [0.717, 1.165) is 44.4 Å². The summed E-state index contributed by atoms with van der Waals surface area (Å²) < 4.78 is 24.6. The summed E-state index contributed by atoms with van der Waals surface area (Å²) in [6, 6.07) is 6.58. The number of fused-ring (bicyclic) bond motifs is 3. The minimum absolute atomic E-state index is 0.157. The van der Waals surface area contributed by atoms with Crippen molar-refractivity contribution in [3.05, 3.63) is 69.1 Å². The molecule has 9 nitrogen and oxygen atoms in total. The number of pyridine rings is 1. The lowest BCUT2D eigenvalue weighted by Crippen LogP contribution is -2.41. The second-order valence-electron chi connectivity index (χ2n) is 14.1. The highest BCUT2D eigenvalue weighted by atomic mass is 19.1. The van der Waals surface area contributed by atoms with Crippen LogP contribution in [0.15, 0.2) is 40.2 Å². The number of amidine groups is 1. The number of nitrogens with one attached hydrogen (secondary N) is 1. The van der Waals surface area contributed by atoms with Crippen LogP contribution in [-0.2, 0) is 42.6 Å². The molecule has 3 aromatic rings. The molecule has 2 atom stereocenters. The Morgan fingerprint density at radius 1 is 1.13 bits per heavy atom. The number of carbonyl (C=O) groups is 2. The van der Waals surface area contributed by atoms with Crippen LogP contribution < -0.4 is 15.8 Å². The Kier molecular flexibility index (Phi) is 8.42. The average molecular weight is 630 g/mol. The maximum absolute atomic E-state index is 15.6. The average Bonchev–Trinajstić information content (AvgIpc) is 3.40. The van der Waals surface area contributed by atoms with Gasteiger partial charge in [0.25, 0.3) is 11.5 Å². The molecule has 2 unspecified atom stereocenters. The van der Waals surface area contributed by atoms with Gasteiger partial charge in [0.2, 0.25) is 0 Å². The summed E-state index contributed by atoms with van der Waals surface area (Å²) in [5, 5.41) is 3.31. The molecule has 1 amide bonds. The second-order valence-corrected chi connectivity index (χ2v) is 14.1. The third-order valence-corrected chi connectivity index (χ3v) is 9.64. The Morgan fingerprint density at radius 3 is 2.65 bits per heavy atom. The van der Waals surface area contributed by atoms with Gasteiger partial charge in [-0.3, -0.25) is 19.4 Å². The van der Waals surface area contributed by atoms with Gasteiger partial charge in [-0.2, -0.15) is 0 Å². The van der Waals surface area contributed by atoms with Gasteiger partial charge in [0, 0.05) is 56.5 Å². The van der Waals surface area contributed by atoms with Crippen molar-refractivity contribution in [2.75, 3.05) is 16.8 Å². The number of halogens is 1. The van der Waals surface area contributed by atoms with E-state index in [0.29, 0.717) is 52.8 Å². The number of hydrogen-bond acceptors (Lipinski definition) is 6. The van der Waals surface area contributed by atoms with Gasteiger partial charge in [-0.1, -0.05) is 27.7 Å². The fourth-order valence-electron chi connectivity index (χ4n) is 7.32. The van der Waals surface area contributed by atoms with E-state index in [1.165, 1.54) is 34.9 Å². The van der Waals surface area contributed by atoms with E-state index < -0.39 is 11.8 Å². The number of esters is 1. The van der Waals surface area contributed by atoms with E-state index in [2.05, 4.69) is 37.6 Å². The van der Waals surface area contributed by atoms with Crippen LogP contribution >= 0.6 is 0 Å². The van der Waals surface area contributed by atoms with E-state index in [9.17, 15) is 14.4 Å². The summed E-state index contributed by atoms with van der Waals surface area (Å²) >= 11 is 0. The van der Waals surface area contributed by atoms with Crippen molar-refractivity contribution in [3.63, 3.8) is 0 Å². The number of aromatic nitrogens is 2. The highest BCUT2D eigenvalue weighted by Gasteiger charge is 2.37. The third kappa shape index (κ3) is 6.13. The number of anilines is 2. The van der Waals surface area contributed by atoms with Crippen molar-refractivity contribution >= 4 is 29.1 Å². The molecule has 10 heteroatoms. The maximum Gasteiger partial charge on any atom is 0.302 e. The number of benzene rings is 1. The first-order chi connectivity index (χ1) is 21.8. The lowest BCUT2D eigenvalue weighted by atomic mass is 9.90. The van der Waals surface area contributed by atoms with Crippen molar-refractivity contribution in [2.45, 2.75) is 92.3 Å². The van der Waals surface area contributed by atoms with Crippen LogP contribution in [0, 0.1) is 17.2 Å². The van der Waals surface area contributed by atoms with Crippen LogP contribution in [0.3, 0.4) is 0 Å². The molecule has 2 aromatic heterocycles. The number of aryl methyl sites for hydroxylation is 1. The van der Waals surface area contributed by atoms with E-state index in [4.69, 9.17) is 9.73 Å². The van der Waals surface area contributed by atoms with Crippen LogP contribution in [0.2, 0.25) is 0 Å². The topological polar surface area (TPSA) is 97.9 Å². The molecule has 1 aliphatic carbocycles. The quantitative estimate of drug-likeness (QED) is 0.325. The monoisotopic (exact) mass is 629 g/mol. The SMILES string of the molecule is CCC1CCC(C)CC(Nc2cc(-c3cc(F)cc(N4CCn5c(cc6c5CC(C)(C)C6)C4=O)c3COC(C)=O)cn(C)c2=O)=N1. The van der Waals surface area contributed by atoms with Gasteiger partial charge >= 0.3 is 5.97 Å². The normalized spacial score (nSPS) is 20.5. The molecule has 4 heterocycles. The summed E-state index contributed by atoms with van der Waals surface area (Å²) in [7, 11) is 1.65. The lowest BCUT2D eigenvalue weighted by Gasteiger charge is -2.32. The lowest BCUT2D eigenvalue weighted by molar-refractivity contribution is -0.142. The fraction of sp³-hybridized carbons (Fsp3) is 0.500. The van der Waals surface area contributed by atoms with Crippen LogP contribution in [0.25, 0.3) is 11.1 Å². The smallest absolute Gasteiger partial charge is 0.302 e. The van der Waals surface area contributed by atoms with Crippen molar-refractivity contribution < 1.29 is 18.7 Å². The highest BCUT2D eigenvalue weighted by Crippen LogP contribution is 2.41. The van der Waals surface area contributed by atoms with Crippen LogP contribution in [-0.4, -0.2) is 39.4 Å². The standard InChI is InChI=1S/C36H44FN5O4/c1-7-26-9-8-21(2)12-33(38-26)39-29-13-24(19-40(6)34(29)44)27-15-25(37)16-30(28(27)20-46-22(3)43)42-11-10-41-31(35(42)45)14-23-17-36(4,5)18-32(23)41/h13-16,19,21,26H,7-12,17-18,20H2,1-6H3,(H,38,39). The predicted molar refractivity (Wildman–Crippen MR) is 178 cm³/mol. The Labute approximate surface area is 269 Å². The molecule has 6 rings (SSSR count). The molecule has 1 N–H and O–H groups in total. The number of nitrogens with zero attached hydrogens (tertiary/aromatic N) is 4. The van der Waals surface area contributed by atoms with Crippen LogP contribution in [0.1, 0.15) is 87.6 Å². The van der Waals surface area contributed by atoms with Crippen LogP contribution in [0.5, 0.6) is 0 Å². The highest BCUT2D eigenvalue weighted by molar-refractivity contribution is 6.07. The van der Waals surface area contributed by atoms with Crippen molar-refractivity contribution in [2.24, 2.45) is 23.4 Å². The third-order valence-electron chi connectivity index (χ3n) is 9.64. The number of aliphatic imine (C=N–C) groups is 1. The van der Waals surface area contributed by atoms with E-state index in [-0.39, 0.29) is 29.5 Å². The van der Waals surface area contributed by atoms with Gasteiger partial charge in [0.05, 0.1) is 11.7 Å². The minimum Gasteiger partial charge on any atom is -0.461 e. The molecule has 0 spiro atoms. The number of carbonyl (C=O) groups excluding carboxylic acids is 2. The summed E-state index contributed by atoms with van der Waals surface area (Å²) in [6.45, 7) is 10.9. The number of rotatable bonds is 6. The minimum atomic E-state index is -0.536. The van der Waals surface area contributed by atoms with Gasteiger partial charge < -0.3 is 24.1 Å². The first-order valence-corrected chi connectivity index (χ1v) is 16.4. The zero-order valence-electron chi connectivity index (χ0n) is 27.7. The summed E-state index contributed by atoms with van der Waals surface area (Å²) in [5.41, 5.74) is 5.08. The van der Waals surface area contributed by atoms with Gasteiger partial charge in [-0.05, 0) is 78.8 Å². The van der Waals surface area contributed by atoms with Crippen molar-refractivity contribution in [3.8, 4) is 11.1 Å². The number of ether oxygens (including phenoxy) is 1. The molecule has 0 radical (unpaired) electrons. The molecule has 1 aromatic carbocycles.